The minimum absolute atomic E-state index is 0.530. The second-order valence-electron chi connectivity index (χ2n) is 3.87. The van der Waals surface area contributed by atoms with E-state index in [0.29, 0.717) is 29.1 Å². The van der Waals surface area contributed by atoms with Crippen molar-refractivity contribution in [3.8, 4) is 0 Å². The molecule has 2 N–H and O–H groups in total. The molecular formula is C11H14N6S2. The van der Waals surface area contributed by atoms with Crippen molar-refractivity contribution in [2.75, 3.05) is 0 Å². The molecule has 0 aromatic carbocycles. The Labute approximate surface area is 120 Å². The molecule has 6 nitrogen and oxygen atoms in total. The number of nitrogens with one attached hydrogen (secondary N) is 2. The molecule has 0 amide bonds. The summed E-state index contributed by atoms with van der Waals surface area (Å²) in [6.07, 6.45) is 4.08. The van der Waals surface area contributed by atoms with Crippen molar-refractivity contribution in [1.82, 2.24) is 29.5 Å². The number of nitrogens with zero attached hydrogens (tertiary/aromatic N) is 4. The van der Waals surface area contributed by atoms with Gasteiger partial charge < -0.3 is 0 Å². The number of hydrogen-bond donors (Lipinski definition) is 2. The molecule has 2 rings (SSSR count). The summed E-state index contributed by atoms with van der Waals surface area (Å²) in [5, 5.41) is 14.0. The van der Waals surface area contributed by atoms with E-state index in [0.717, 1.165) is 11.6 Å². The first-order valence-corrected chi connectivity index (χ1v) is 6.49. The lowest BCUT2D eigenvalue weighted by molar-refractivity contribution is 0.696. The number of aromatic amines is 2. The molecule has 8 heteroatoms. The van der Waals surface area contributed by atoms with Gasteiger partial charge in [0, 0.05) is 13.1 Å². The molecule has 0 spiro atoms. The highest BCUT2D eigenvalue weighted by molar-refractivity contribution is 7.71. The van der Waals surface area contributed by atoms with Crippen LogP contribution in [0.2, 0.25) is 0 Å². The molecule has 0 aliphatic rings. The third-order valence-electron chi connectivity index (χ3n) is 2.61. The smallest absolute Gasteiger partial charge is 0.195 e. The van der Waals surface area contributed by atoms with Gasteiger partial charge in [0.15, 0.2) is 9.54 Å². The topological polar surface area (TPSA) is 67.2 Å². The summed E-state index contributed by atoms with van der Waals surface area (Å²) in [7, 11) is 0. The van der Waals surface area contributed by atoms with Gasteiger partial charge in [-0.2, -0.15) is 10.2 Å². The minimum atomic E-state index is 0.530. The molecule has 19 heavy (non-hydrogen) atoms. The van der Waals surface area contributed by atoms with Crippen LogP contribution in [-0.4, -0.2) is 29.5 Å². The number of allylic oxidation sites excluding steroid dienone is 2. The monoisotopic (exact) mass is 294 g/mol. The standard InChI is InChI=1S/C11H14N6S2/c1-3-5-16-8(12-14-10(16)18)7-9-13-15-11(19)17(9)6-4-2/h3-4H,1-2,5-7H2,(H,14,18)(H,15,19). The maximum absolute atomic E-state index is 5.17. The third kappa shape index (κ3) is 2.79. The molecule has 0 unspecified atom stereocenters. The van der Waals surface area contributed by atoms with E-state index in [1.54, 1.807) is 12.2 Å². The van der Waals surface area contributed by atoms with Crippen LogP contribution < -0.4 is 0 Å². The maximum Gasteiger partial charge on any atom is 0.195 e. The van der Waals surface area contributed by atoms with Gasteiger partial charge >= 0.3 is 0 Å². The predicted molar refractivity (Wildman–Crippen MR) is 78.0 cm³/mol. The molecule has 2 heterocycles. The summed E-state index contributed by atoms with van der Waals surface area (Å²) >= 11 is 10.3. The Balaban J connectivity index is 2.36. The molecule has 0 bridgehead atoms. The van der Waals surface area contributed by atoms with Gasteiger partial charge in [0.1, 0.15) is 11.6 Å². The highest BCUT2D eigenvalue weighted by Gasteiger charge is 2.11. The van der Waals surface area contributed by atoms with E-state index in [-0.39, 0.29) is 0 Å². The van der Waals surface area contributed by atoms with Crippen LogP contribution in [0.4, 0.5) is 0 Å². The van der Waals surface area contributed by atoms with Gasteiger partial charge in [-0.15, -0.1) is 13.2 Å². The van der Waals surface area contributed by atoms with Gasteiger partial charge in [-0.05, 0) is 24.4 Å². The normalized spacial score (nSPS) is 10.5. The zero-order valence-electron chi connectivity index (χ0n) is 10.3. The summed E-state index contributed by atoms with van der Waals surface area (Å²) in [5.74, 6) is 1.59. The molecular weight excluding hydrogens is 280 g/mol. The van der Waals surface area contributed by atoms with Crippen LogP contribution in [0, 0.1) is 9.54 Å². The van der Waals surface area contributed by atoms with Crippen LogP contribution in [0.25, 0.3) is 0 Å². The lowest BCUT2D eigenvalue weighted by Gasteiger charge is -2.05. The predicted octanol–water partition coefficient (Wildman–Crippen LogP) is 2.16. The van der Waals surface area contributed by atoms with Crippen molar-refractivity contribution in [3.05, 3.63) is 46.5 Å². The second-order valence-corrected chi connectivity index (χ2v) is 4.64. The van der Waals surface area contributed by atoms with Gasteiger partial charge in [0.25, 0.3) is 0 Å². The average Bonchev–Trinajstić information content (AvgIpc) is 2.90. The molecule has 100 valence electrons. The van der Waals surface area contributed by atoms with Gasteiger partial charge in [-0.25, -0.2) is 0 Å². The Morgan fingerprint density at radius 1 is 0.947 bits per heavy atom. The maximum atomic E-state index is 5.17. The second kappa shape index (κ2) is 5.89. The van der Waals surface area contributed by atoms with Crippen LogP contribution in [-0.2, 0) is 19.5 Å². The van der Waals surface area contributed by atoms with E-state index in [1.807, 2.05) is 9.13 Å². The Bertz CT molecular complexity index is 641. The van der Waals surface area contributed by atoms with Gasteiger partial charge in [0.05, 0.1) is 6.42 Å². The largest absolute Gasteiger partial charge is 0.300 e. The highest BCUT2D eigenvalue weighted by Crippen LogP contribution is 2.07. The fourth-order valence-corrected chi connectivity index (χ4v) is 2.20. The van der Waals surface area contributed by atoms with E-state index in [2.05, 4.69) is 33.6 Å². The quantitative estimate of drug-likeness (QED) is 0.633. The molecule has 0 aliphatic heterocycles. The number of H-pyrrole nitrogens is 2. The van der Waals surface area contributed by atoms with Gasteiger partial charge in [0.2, 0.25) is 0 Å². The molecule has 2 aromatic rings. The molecule has 0 saturated heterocycles. The fraction of sp³-hybridized carbons (Fsp3) is 0.273. The first-order chi connectivity index (χ1) is 9.17. The van der Waals surface area contributed by atoms with Crippen molar-refractivity contribution < 1.29 is 0 Å². The average molecular weight is 294 g/mol. The van der Waals surface area contributed by atoms with E-state index in [4.69, 9.17) is 24.4 Å². The summed E-state index contributed by atoms with van der Waals surface area (Å²) in [4.78, 5) is 0. The third-order valence-corrected chi connectivity index (χ3v) is 3.24. The van der Waals surface area contributed by atoms with Gasteiger partial charge in [-0.3, -0.25) is 19.3 Å². The lowest BCUT2D eigenvalue weighted by atomic mass is 10.3. The first-order valence-electron chi connectivity index (χ1n) is 5.67. The summed E-state index contributed by atoms with van der Waals surface area (Å²) in [6, 6.07) is 0. The summed E-state index contributed by atoms with van der Waals surface area (Å²) in [5.41, 5.74) is 0. The zero-order valence-corrected chi connectivity index (χ0v) is 11.9. The molecule has 0 saturated carbocycles. The summed E-state index contributed by atoms with van der Waals surface area (Å²) < 4.78 is 4.88. The first kappa shape index (κ1) is 13.6. The van der Waals surface area contributed by atoms with Crippen molar-refractivity contribution in [3.63, 3.8) is 0 Å². The summed E-state index contributed by atoms with van der Waals surface area (Å²) in [6.45, 7) is 8.64. The molecule has 0 atom stereocenters. The zero-order chi connectivity index (χ0) is 13.8. The SMILES string of the molecule is C=CCn1c(Cc2n[nH]c(=S)n2CC=C)n[nH]c1=S. The Morgan fingerprint density at radius 3 is 1.74 bits per heavy atom. The number of hydrogen-bond acceptors (Lipinski definition) is 4. The van der Waals surface area contributed by atoms with E-state index in [9.17, 15) is 0 Å². The van der Waals surface area contributed by atoms with Crippen molar-refractivity contribution in [2.45, 2.75) is 19.5 Å². The molecule has 0 aliphatic carbocycles. The Hall–Kier alpha value is -1.80. The molecule has 0 fully saturated rings. The van der Waals surface area contributed by atoms with Crippen LogP contribution in [0.5, 0.6) is 0 Å². The van der Waals surface area contributed by atoms with E-state index >= 15 is 0 Å². The molecule has 0 radical (unpaired) electrons. The minimum Gasteiger partial charge on any atom is -0.300 e. The van der Waals surface area contributed by atoms with Crippen molar-refractivity contribution in [1.29, 1.82) is 0 Å². The van der Waals surface area contributed by atoms with E-state index < -0.39 is 0 Å². The lowest BCUT2D eigenvalue weighted by Crippen LogP contribution is -2.08. The van der Waals surface area contributed by atoms with Crippen molar-refractivity contribution >= 4 is 24.4 Å². The Kier molecular flexibility index (Phi) is 4.23. The number of aromatic nitrogens is 6. The van der Waals surface area contributed by atoms with Crippen LogP contribution >= 0.6 is 24.4 Å². The van der Waals surface area contributed by atoms with Crippen LogP contribution in [0.1, 0.15) is 11.6 Å². The highest BCUT2D eigenvalue weighted by atomic mass is 32.1. The van der Waals surface area contributed by atoms with Crippen LogP contribution in [0.3, 0.4) is 0 Å². The number of rotatable bonds is 6. The molecule has 2 aromatic heterocycles. The van der Waals surface area contributed by atoms with Crippen LogP contribution in [0.15, 0.2) is 25.3 Å². The Morgan fingerprint density at radius 2 is 1.37 bits per heavy atom. The van der Waals surface area contributed by atoms with Crippen molar-refractivity contribution in [2.24, 2.45) is 0 Å². The van der Waals surface area contributed by atoms with E-state index in [1.165, 1.54) is 0 Å². The van der Waals surface area contributed by atoms with Gasteiger partial charge in [-0.1, -0.05) is 12.2 Å². The fourth-order valence-electron chi connectivity index (χ4n) is 1.75.